The number of anilines is 1. The molecule has 0 amide bonds. The first-order valence-electron chi connectivity index (χ1n) is 6.73. The van der Waals surface area contributed by atoms with Crippen molar-refractivity contribution in [1.29, 1.82) is 0 Å². The Hall–Kier alpha value is -2.30. The average Bonchev–Trinajstić information content (AvgIpc) is 2.53. The number of hydrogen-bond donors (Lipinski definition) is 1. The number of nitrogens with one attached hydrogen (secondary N) is 1. The largest absolute Gasteiger partial charge is 0.486 e. The van der Waals surface area contributed by atoms with Gasteiger partial charge in [0.25, 0.3) is 0 Å². The minimum atomic E-state index is 0.0524. The van der Waals surface area contributed by atoms with Crippen LogP contribution in [0.2, 0.25) is 0 Å². The van der Waals surface area contributed by atoms with Gasteiger partial charge in [0.15, 0.2) is 11.5 Å². The topological polar surface area (TPSA) is 56.3 Å². The predicted octanol–water partition coefficient (Wildman–Crippen LogP) is 2.29. The second-order valence-electron chi connectivity index (χ2n) is 4.64. The molecule has 1 atom stereocenters. The molecule has 5 heteroatoms. The number of nitrogens with zero attached hydrogens (tertiary/aromatic N) is 2. The Morgan fingerprint density at radius 3 is 2.85 bits per heavy atom. The molecule has 0 radical (unpaired) electrons. The lowest BCUT2D eigenvalue weighted by atomic mass is 10.1. The zero-order valence-electron chi connectivity index (χ0n) is 11.4. The van der Waals surface area contributed by atoms with Crippen LogP contribution in [0, 0.1) is 0 Å². The van der Waals surface area contributed by atoms with Crippen molar-refractivity contribution in [2.75, 3.05) is 19.0 Å². The molecule has 1 aromatic heterocycles. The molecule has 20 heavy (non-hydrogen) atoms. The highest BCUT2D eigenvalue weighted by Crippen LogP contribution is 2.31. The van der Waals surface area contributed by atoms with Gasteiger partial charge in [0, 0.05) is 19.4 Å². The van der Waals surface area contributed by atoms with Crippen LogP contribution in [-0.2, 0) is 6.42 Å². The Labute approximate surface area is 118 Å². The van der Waals surface area contributed by atoms with Crippen molar-refractivity contribution in [1.82, 2.24) is 9.97 Å². The summed E-state index contributed by atoms with van der Waals surface area (Å²) < 4.78 is 11.6. The van der Waals surface area contributed by atoms with Gasteiger partial charge in [0.2, 0.25) is 0 Å². The van der Waals surface area contributed by atoms with Crippen molar-refractivity contribution in [2.45, 2.75) is 18.9 Å². The van der Waals surface area contributed by atoms with E-state index >= 15 is 0 Å². The first-order chi connectivity index (χ1) is 9.86. The van der Waals surface area contributed by atoms with Crippen molar-refractivity contribution in [3.8, 4) is 11.5 Å². The van der Waals surface area contributed by atoms with Gasteiger partial charge in [-0.05, 0) is 25.0 Å². The van der Waals surface area contributed by atoms with E-state index in [9.17, 15) is 0 Å². The highest BCUT2D eigenvalue weighted by Gasteiger charge is 2.20. The van der Waals surface area contributed by atoms with Crippen LogP contribution in [-0.4, -0.2) is 29.7 Å². The number of fused-ring (bicyclic) bond motifs is 1. The van der Waals surface area contributed by atoms with Crippen molar-refractivity contribution in [3.63, 3.8) is 0 Å². The molecule has 0 unspecified atom stereocenters. The lowest BCUT2D eigenvalue weighted by Gasteiger charge is -2.26. The van der Waals surface area contributed by atoms with Gasteiger partial charge in [0.05, 0.1) is 5.69 Å². The number of rotatable bonds is 4. The molecule has 0 bridgehead atoms. The van der Waals surface area contributed by atoms with E-state index in [0.717, 1.165) is 35.9 Å². The van der Waals surface area contributed by atoms with E-state index in [4.69, 9.17) is 9.47 Å². The summed E-state index contributed by atoms with van der Waals surface area (Å²) in [5.74, 6) is 2.46. The maximum atomic E-state index is 5.93. The summed E-state index contributed by atoms with van der Waals surface area (Å²) in [6.07, 6.45) is 5.11. The van der Waals surface area contributed by atoms with Crippen molar-refractivity contribution >= 4 is 5.82 Å². The van der Waals surface area contributed by atoms with Crippen LogP contribution in [0.15, 0.2) is 36.7 Å². The van der Waals surface area contributed by atoms with Gasteiger partial charge in [-0.25, -0.2) is 4.98 Å². The summed E-state index contributed by atoms with van der Waals surface area (Å²) in [5, 5.41) is 3.05. The molecule has 3 rings (SSSR count). The average molecular weight is 271 g/mol. The molecule has 1 aliphatic heterocycles. The molecule has 2 aromatic rings. The number of benzene rings is 1. The van der Waals surface area contributed by atoms with Gasteiger partial charge in [-0.15, -0.1) is 0 Å². The maximum Gasteiger partial charge on any atom is 0.161 e. The van der Waals surface area contributed by atoms with E-state index in [0.29, 0.717) is 6.61 Å². The summed E-state index contributed by atoms with van der Waals surface area (Å²) in [4.78, 5) is 8.61. The Balaban J connectivity index is 1.63. The van der Waals surface area contributed by atoms with Crippen molar-refractivity contribution in [2.24, 2.45) is 0 Å². The monoisotopic (exact) mass is 271 g/mol. The molecule has 0 fully saturated rings. The molecule has 1 N–H and O–H groups in total. The van der Waals surface area contributed by atoms with Crippen molar-refractivity contribution < 1.29 is 9.47 Å². The molecule has 0 aliphatic carbocycles. The fourth-order valence-corrected chi connectivity index (χ4v) is 2.26. The van der Waals surface area contributed by atoms with E-state index in [-0.39, 0.29) is 6.10 Å². The smallest absolute Gasteiger partial charge is 0.161 e. The van der Waals surface area contributed by atoms with Gasteiger partial charge in [0.1, 0.15) is 18.5 Å². The standard InChI is InChI=1S/C15H17N3O2/c1-16-15-12(17-8-9-18-15)7-6-11-10-19-13-4-2-3-5-14(13)20-11/h2-5,8-9,11H,6-7,10H2,1H3,(H,16,18)/t11-/m1/s1. The zero-order chi connectivity index (χ0) is 13.8. The van der Waals surface area contributed by atoms with Crippen LogP contribution in [0.1, 0.15) is 12.1 Å². The maximum absolute atomic E-state index is 5.93. The quantitative estimate of drug-likeness (QED) is 0.924. The fraction of sp³-hybridized carbons (Fsp3) is 0.333. The van der Waals surface area contributed by atoms with Gasteiger partial charge >= 0.3 is 0 Å². The molecule has 1 aliphatic rings. The SMILES string of the molecule is CNc1nccnc1CC[C@@H]1COc2ccccc2O1. The lowest BCUT2D eigenvalue weighted by molar-refractivity contribution is 0.0849. The highest BCUT2D eigenvalue weighted by atomic mass is 16.6. The molecule has 5 nitrogen and oxygen atoms in total. The molecule has 0 saturated heterocycles. The third-order valence-electron chi connectivity index (χ3n) is 3.28. The molecular formula is C15H17N3O2. The Morgan fingerprint density at radius 2 is 2.00 bits per heavy atom. The Bertz CT molecular complexity index is 589. The normalized spacial score (nSPS) is 16.8. The number of ether oxygens (including phenoxy) is 2. The third-order valence-corrected chi connectivity index (χ3v) is 3.28. The lowest BCUT2D eigenvalue weighted by Crippen LogP contribution is -2.29. The minimum absolute atomic E-state index is 0.0524. The first-order valence-corrected chi connectivity index (χ1v) is 6.73. The molecule has 0 saturated carbocycles. The van der Waals surface area contributed by atoms with Crippen LogP contribution in [0.5, 0.6) is 11.5 Å². The van der Waals surface area contributed by atoms with E-state index in [1.165, 1.54) is 0 Å². The van der Waals surface area contributed by atoms with E-state index in [2.05, 4.69) is 15.3 Å². The van der Waals surface area contributed by atoms with E-state index in [1.54, 1.807) is 12.4 Å². The van der Waals surface area contributed by atoms with Crippen LogP contribution in [0.25, 0.3) is 0 Å². The second-order valence-corrected chi connectivity index (χ2v) is 4.64. The highest BCUT2D eigenvalue weighted by molar-refractivity contribution is 5.41. The number of hydrogen-bond acceptors (Lipinski definition) is 5. The molecule has 104 valence electrons. The van der Waals surface area contributed by atoms with Crippen LogP contribution in [0.4, 0.5) is 5.82 Å². The van der Waals surface area contributed by atoms with E-state index in [1.807, 2.05) is 31.3 Å². The molecule has 2 heterocycles. The van der Waals surface area contributed by atoms with Crippen LogP contribution < -0.4 is 14.8 Å². The summed E-state index contributed by atoms with van der Waals surface area (Å²) in [7, 11) is 1.85. The number of para-hydroxylation sites is 2. The second kappa shape index (κ2) is 5.77. The van der Waals surface area contributed by atoms with E-state index < -0.39 is 0 Å². The van der Waals surface area contributed by atoms with Crippen LogP contribution >= 0.6 is 0 Å². The van der Waals surface area contributed by atoms with Gasteiger partial charge < -0.3 is 14.8 Å². The Morgan fingerprint density at radius 1 is 1.20 bits per heavy atom. The van der Waals surface area contributed by atoms with Crippen molar-refractivity contribution in [3.05, 3.63) is 42.4 Å². The van der Waals surface area contributed by atoms with Gasteiger partial charge in [-0.2, -0.15) is 0 Å². The molecule has 1 aromatic carbocycles. The number of aryl methyl sites for hydroxylation is 1. The summed E-state index contributed by atoms with van der Waals surface area (Å²) in [6.45, 7) is 0.576. The fourth-order valence-electron chi connectivity index (χ4n) is 2.26. The van der Waals surface area contributed by atoms with Crippen LogP contribution in [0.3, 0.4) is 0 Å². The molecule has 0 spiro atoms. The number of aromatic nitrogens is 2. The van der Waals surface area contributed by atoms with Gasteiger partial charge in [-0.3, -0.25) is 4.98 Å². The first kappa shape index (κ1) is 12.7. The predicted molar refractivity (Wildman–Crippen MR) is 76.3 cm³/mol. The van der Waals surface area contributed by atoms with Gasteiger partial charge in [-0.1, -0.05) is 12.1 Å². The third kappa shape index (κ3) is 2.66. The Kier molecular flexibility index (Phi) is 3.67. The summed E-state index contributed by atoms with van der Waals surface area (Å²) >= 11 is 0. The summed E-state index contributed by atoms with van der Waals surface area (Å²) in [5.41, 5.74) is 0.956. The minimum Gasteiger partial charge on any atom is -0.486 e. The summed E-state index contributed by atoms with van der Waals surface area (Å²) in [6, 6.07) is 7.75. The molecular weight excluding hydrogens is 254 g/mol. The zero-order valence-corrected chi connectivity index (χ0v) is 11.4.